The predicted octanol–water partition coefficient (Wildman–Crippen LogP) is 5.63. The number of alkyl halides is 2. The van der Waals surface area contributed by atoms with E-state index in [1.807, 2.05) is 26.0 Å². The number of aryl methyl sites for hydroxylation is 1. The van der Waals surface area contributed by atoms with Gasteiger partial charge in [-0.15, -0.1) is 0 Å². The molecule has 190 valence electrons. The van der Waals surface area contributed by atoms with Crippen LogP contribution in [-0.4, -0.2) is 36.1 Å². The van der Waals surface area contributed by atoms with Gasteiger partial charge in [0.2, 0.25) is 5.91 Å². The fourth-order valence-corrected chi connectivity index (χ4v) is 5.28. The molecule has 36 heavy (non-hydrogen) atoms. The Labute approximate surface area is 207 Å². The number of carbonyl (C=O) groups excluding carboxylic acids is 1. The highest BCUT2D eigenvalue weighted by atomic mass is 19.3. The van der Waals surface area contributed by atoms with Crippen molar-refractivity contribution < 1.29 is 22.7 Å². The molecular weight excluding hydrogens is 469 g/mol. The molecule has 1 N–H and O–H groups in total. The molecule has 2 aliphatic heterocycles. The number of nitrogens with zero attached hydrogens (tertiary/aromatic N) is 3. The lowest BCUT2D eigenvalue weighted by Crippen LogP contribution is -2.33. The molecule has 2 atom stereocenters. The van der Waals surface area contributed by atoms with E-state index in [0.717, 1.165) is 17.3 Å². The Morgan fingerprint density at radius 3 is 2.69 bits per heavy atom. The maximum atomic E-state index is 15.5. The monoisotopic (exact) mass is 498 g/mol. The summed E-state index contributed by atoms with van der Waals surface area (Å²) in [7, 11) is 1.74. The number of benzene rings is 2. The molecule has 2 aromatic carbocycles. The first-order valence-corrected chi connectivity index (χ1v) is 12.0. The molecule has 0 unspecified atom stereocenters. The van der Waals surface area contributed by atoms with Crippen LogP contribution in [-0.2, 0) is 20.9 Å². The third-order valence-corrected chi connectivity index (χ3v) is 7.45. The average molecular weight is 499 g/mol. The number of hydrogen-bond acceptors (Lipinski definition) is 5. The highest BCUT2D eigenvalue weighted by Crippen LogP contribution is 2.45. The van der Waals surface area contributed by atoms with Crippen LogP contribution >= 0.6 is 0 Å². The van der Waals surface area contributed by atoms with Crippen LogP contribution in [0.1, 0.15) is 55.7 Å². The van der Waals surface area contributed by atoms with Crippen molar-refractivity contribution in [3.05, 3.63) is 58.7 Å². The van der Waals surface area contributed by atoms with Crippen LogP contribution in [0.15, 0.2) is 30.3 Å². The first-order valence-electron chi connectivity index (χ1n) is 12.0. The Kier molecular flexibility index (Phi) is 5.74. The van der Waals surface area contributed by atoms with Crippen molar-refractivity contribution in [1.82, 2.24) is 9.97 Å². The molecule has 3 heterocycles. The predicted molar refractivity (Wildman–Crippen MR) is 132 cm³/mol. The third kappa shape index (κ3) is 3.72. The molecule has 6 nitrogen and oxygen atoms in total. The summed E-state index contributed by atoms with van der Waals surface area (Å²) in [5, 5.41) is 3.89. The number of ether oxygens (including phenoxy) is 1. The zero-order chi connectivity index (χ0) is 26.0. The Morgan fingerprint density at radius 2 is 2.00 bits per heavy atom. The maximum absolute atomic E-state index is 15.5. The van der Waals surface area contributed by atoms with E-state index in [-0.39, 0.29) is 31.1 Å². The standard InChI is InChI=1S/C27H29F3N4O2/c1-14(17-7-6-8-19(23(17)28)27(29,30)16-9-10-36-13-16)31-24-18-11-20-22(12-21(18)32-15(2)33-24)34(5)25(35)26(20,3)4/h6-8,11-12,14,16H,9-10,13H2,1-5H3,(H,31,32,33)/t14-,16-/m1/s1. The fraction of sp³-hybridized carbons (Fsp3) is 0.444. The lowest BCUT2D eigenvalue weighted by atomic mass is 9.85. The molecule has 3 aromatic rings. The van der Waals surface area contributed by atoms with Crippen LogP contribution in [0.3, 0.4) is 0 Å². The smallest absolute Gasteiger partial charge is 0.281 e. The number of halogens is 3. The molecule has 0 spiro atoms. The molecule has 0 aliphatic carbocycles. The SMILES string of the molecule is Cc1nc(N[C@H](C)c2cccc(C(F)(F)[C@@H]3CCOC3)c2F)c2cc3c(cc2n1)N(C)C(=O)C3(C)C. The maximum Gasteiger partial charge on any atom is 0.281 e. The first-order chi connectivity index (χ1) is 16.9. The van der Waals surface area contributed by atoms with Gasteiger partial charge in [-0.25, -0.2) is 23.1 Å². The van der Waals surface area contributed by atoms with Crippen LogP contribution in [0.2, 0.25) is 0 Å². The van der Waals surface area contributed by atoms with Crippen molar-refractivity contribution in [3.8, 4) is 0 Å². The number of fused-ring (bicyclic) bond motifs is 2. The zero-order valence-electron chi connectivity index (χ0n) is 21.0. The molecular formula is C27H29F3N4O2. The number of nitrogens with one attached hydrogen (secondary N) is 1. The van der Waals surface area contributed by atoms with E-state index in [4.69, 9.17) is 4.74 Å². The van der Waals surface area contributed by atoms with E-state index in [2.05, 4.69) is 15.3 Å². The zero-order valence-corrected chi connectivity index (χ0v) is 21.0. The van der Waals surface area contributed by atoms with Crippen molar-refractivity contribution >= 4 is 28.3 Å². The second-order valence-electron chi connectivity index (χ2n) is 10.3. The van der Waals surface area contributed by atoms with Gasteiger partial charge < -0.3 is 15.0 Å². The van der Waals surface area contributed by atoms with Crippen LogP contribution in [0.25, 0.3) is 10.9 Å². The number of hydrogen-bond donors (Lipinski definition) is 1. The highest BCUT2D eigenvalue weighted by molar-refractivity contribution is 6.10. The largest absolute Gasteiger partial charge is 0.381 e. The molecule has 0 saturated carbocycles. The minimum absolute atomic E-state index is 0.0205. The second-order valence-corrected chi connectivity index (χ2v) is 10.3. The molecule has 2 aliphatic rings. The Balaban J connectivity index is 1.54. The van der Waals surface area contributed by atoms with Crippen molar-refractivity contribution in [1.29, 1.82) is 0 Å². The van der Waals surface area contributed by atoms with Crippen molar-refractivity contribution in [2.24, 2.45) is 5.92 Å². The summed E-state index contributed by atoms with van der Waals surface area (Å²) in [4.78, 5) is 23.5. The van der Waals surface area contributed by atoms with Gasteiger partial charge in [0.05, 0.1) is 35.1 Å². The number of aromatic nitrogens is 2. The van der Waals surface area contributed by atoms with Gasteiger partial charge in [-0.05, 0) is 51.8 Å². The summed E-state index contributed by atoms with van der Waals surface area (Å²) in [5.74, 6) is -4.40. The van der Waals surface area contributed by atoms with Gasteiger partial charge >= 0.3 is 0 Å². The van der Waals surface area contributed by atoms with Crippen molar-refractivity contribution in [2.75, 3.05) is 30.5 Å². The molecule has 0 radical (unpaired) electrons. The van der Waals surface area contributed by atoms with Crippen molar-refractivity contribution in [2.45, 2.75) is 51.5 Å². The molecule has 1 amide bonds. The van der Waals surface area contributed by atoms with Gasteiger partial charge in [0.1, 0.15) is 17.5 Å². The fourth-order valence-electron chi connectivity index (χ4n) is 5.28. The summed E-state index contributed by atoms with van der Waals surface area (Å²) in [6, 6.07) is 7.18. The van der Waals surface area contributed by atoms with Crippen molar-refractivity contribution in [3.63, 3.8) is 0 Å². The summed E-state index contributed by atoms with van der Waals surface area (Å²) in [6.07, 6.45) is 0.190. The van der Waals surface area contributed by atoms with Crippen LogP contribution < -0.4 is 10.2 Å². The lowest BCUT2D eigenvalue weighted by molar-refractivity contribution is -0.121. The Hall–Kier alpha value is -3.20. The van der Waals surface area contributed by atoms with Crippen LogP contribution in [0, 0.1) is 18.7 Å². The number of carbonyl (C=O) groups is 1. The summed E-state index contributed by atoms with van der Waals surface area (Å²) in [6.45, 7) is 7.34. The average Bonchev–Trinajstić information content (AvgIpc) is 3.42. The second kappa shape index (κ2) is 8.44. The van der Waals surface area contributed by atoms with Crippen LogP contribution in [0.5, 0.6) is 0 Å². The Morgan fingerprint density at radius 1 is 1.25 bits per heavy atom. The summed E-state index contributed by atoms with van der Waals surface area (Å²) in [5.41, 5.74) is 1.04. The van der Waals surface area contributed by atoms with Gasteiger partial charge in [0.15, 0.2) is 0 Å². The highest BCUT2D eigenvalue weighted by Gasteiger charge is 2.46. The molecule has 1 aromatic heterocycles. The molecule has 0 bridgehead atoms. The van der Waals surface area contributed by atoms with Crippen LogP contribution in [0.4, 0.5) is 24.7 Å². The lowest BCUT2D eigenvalue weighted by Gasteiger charge is -2.25. The summed E-state index contributed by atoms with van der Waals surface area (Å²) >= 11 is 0. The normalized spacial score (nSPS) is 20.2. The quantitative estimate of drug-likeness (QED) is 0.494. The van der Waals surface area contributed by atoms with Gasteiger partial charge in [-0.2, -0.15) is 0 Å². The molecule has 1 fully saturated rings. The number of likely N-dealkylation sites (N-methyl/N-ethyl adjacent to an activating group) is 1. The minimum atomic E-state index is -3.33. The van der Waals surface area contributed by atoms with E-state index in [0.29, 0.717) is 22.5 Å². The minimum Gasteiger partial charge on any atom is -0.381 e. The van der Waals surface area contributed by atoms with E-state index in [9.17, 15) is 4.79 Å². The molecule has 9 heteroatoms. The van der Waals surface area contributed by atoms with Gasteiger partial charge in [-0.3, -0.25) is 4.79 Å². The number of amides is 1. The van der Waals surface area contributed by atoms with Gasteiger partial charge in [-0.1, -0.05) is 18.2 Å². The van der Waals surface area contributed by atoms with E-state index < -0.39 is 34.7 Å². The Bertz CT molecular complexity index is 1370. The van der Waals surface area contributed by atoms with E-state index in [1.54, 1.807) is 25.8 Å². The summed E-state index contributed by atoms with van der Waals surface area (Å²) < 4.78 is 50.9. The molecule has 5 rings (SSSR count). The van der Waals surface area contributed by atoms with Gasteiger partial charge in [0, 0.05) is 30.3 Å². The van der Waals surface area contributed by atoms with Gasteiger partial charge in [0.25, 0.3) is 5.92 Å². The van der Waals surface area contributed by atoms with E-state index >= 15 is 13.2 Å². The molecule has 1 saturated heterocycles. The number of anilines is 2. The first kappa shape index (κ1) is 24.5. The number of rotatable bonds is 5. The van der Waals surface area contributed by atoms with E-state index in [1.165, 1.54) is 12.1 Å². The topological polar surface area (TPSA) is 67.4 Å². The third-order valence-electron chi connectivity index (χ3n) is 7.45.